The number of aromatic nitrogens is 2. The van der Waals surface area contributed by atoms with Gasteiger partial charge < -0.3 is 10.4 Å². The van der Waals surface area contributed by atoms with E-state index in [0.29, 0.717) is 11.2 Å². The Labute approximate surface area is 108 Å². The summed E-state index contributed by atoms with van der Waals surface area (Å²) in [7, 11) is 0. The molecule has 0 saturated carbocycles. The summed E-state index contributed by atoms with van der Waals surface area (Å²) in [5.74, 6) is 0.116. The highest BCUT2D eigenvalue weighted by Crippen LogP contribution is 2.36. The lowest BCUT2D eigenvalue weighted by atomic mass is 9.99. The number of hydrogen-bond acceptors (Lipinski definition) is 7. The standard InChI is InChI=1S/C11H14N4O4/c1-6(2)7-5-8(12-3-4-16)11(15(17)18)10-9(7)13-19-14-10/h5-6,12,16H,3-4H2,1-2H3. The first kappa shape index (κ1) is 13.2. The van der Waals surface area contributed by atoms with E-state index in [2.05, 4.69) is 20.3 Å². The van der Waals surface area contributed by atoms with Gasteiger partial charge in [0.25, 0.3) is 0 Å². The highest BCUT2D eigenvalue weighted by Gasteiger charge is 2.26. The molecule has 19 heavy (non-hydrogen) atoms. The quantitative estimate of drug-likeness (QED) is 0.624. The average Bonchev–Trinajstić information content (AvgIpc) is 2.82. The first-order chi connectivity index (χ1) is 9.06. The summed E-state index contributed by atoms with van der Waals surface area (Å²) < 4.78 is 4.62. The molecule has 0 fully saturated rings. The van der Waals surface area contributed by atoms with E-state index in [0.717, 1.165) is 5.56 Å². The Morgan fingerprint density at radius 1 is 1.47 bits per heavy atom. The third kappa shape index (κ3) is 2.34. The minimum atomic E-state index is -0.531. The molecule has 0 radical (unpaired) electrons. The third-order valence-electron chi connectivity index (χ3n) is 2.77. The smallest absolute Gasteiger partial charge is 0.323 e. The normalized spacial score (nSPS) is 11.2. The number of nitro groups is 1. The minimum Gasteiger partial charge on any atom is -0.395 e. The lowest BCUT2D eigenvalue weighted by Crippen LogP contribution is -2.09. The number of fused-ring (bicyclic) bond motifs is 1. The first-order valence-electron chi connectivity index (χ1n) is 5.84. The third-order valence-corrected chi connectivity index (χ3v) is 2.77. The van der Waals surface area contributed by atoms with Gasteiger partial charge in [-0.1, -0.05) is 13.8 Å². The number of rotatable bonds is 5. The van der Waals surface area contributed by atoms with Crippen LogP contribution in [0, 0.1) is 10.1 Å². The predicted molar refractivity (Wildman–Crippen MR) is 68.1 cm³/mol. The summed E-state index contributed by atoms with van der Waals surface area (Å²) in [5, 5.41) is 30.2. The van der Waals surface area contributed by atoms with Crippen molar-refractivity contribution >= 4 is 22.4 Å². The van der Waals surface area contributed by atoms with E-state index < -0.39 is 4.92 Å². The van der Waals surface area contributed by atoms with Crippen molar-refractivity contribution in [2.24, 2.45) is 0 Å². The molecule has 8 nitrogen and oxygen atoms in total. The Morgan fingerprint density at radius 3 is 2.74 bits per heavy atom. The van der Waals surface area contributed by atoms with Crippen molar-refractivity contribution in [1.82, 2.24) is 10.3 Å². The van der Waals surface area contributed by atoms with E-state index in [9.17, 15) is 10.1 Å². The van der Waals surface area contributed by atoms with Crippen LogP contribution in [-0.2, 0) is 0 Å². The predicted octanol–water partition coefficient (Wildman–Crippen LogP) is 1.66. The van der Waals surface area contributed by atoms with Gasteiger partial charge in [-0.25, -0.2) is 4.63 Å². The lowest BCUT2D eigenvalue weighted by Gasteiger charge is -2.10. The average molecular weight is 266 g/mol. The number of benzene rings is 1. The van der Waals surface area contributed by atoms with Crippen LogP contribution in [0.3, 0.4) is 0 Å². The van der Waals surface area contributed by atoms with Crippen LogP contribution in [0.2, 0.25) is 0 Å². The number of nitrogens with zero attached hydrogens (tertiary/aromatic N) is 3. The molecule has 0 saturated heterocycles. The number of aliphatic hydroxyl groups is 1. The summed E-state index contributed by atoms with van der Waals surface area (Å²) in [6.07, 6.45) is 0. The second-order valence-corrected chi connectivity index (χ2v) is 4.39. The topological polar surface area (TPSA) is 114 Å². The molecule has 102 valence electrons. The van der Waals surface area contributed by atoms with Crippen LogP contribution in [0.1, 0.15) is 25.3 Å². The maximum absolute atomic E-state index is 11.2. The van der Waals surface area contributed by atoms with Gasteiger partial charge in [-0.05, 0) is 27.9 Å². The van der Waals surface area contributed by atoms with Crippen LogP contribution >= 0.6 is 0 Å². The van der Waals surface area contributed by atoms with Crippen molar-refractivity contribution in [3.8, 4) is 0 Å². The van der Waals surface area contributed by atoms with Crippen molar-refractivity contribution < 1.29 is 14.7 Å². The van der Waals surface area contributed by atoms with E-state index in [1.165, 1.54) is 0 Å². The molecule has 1 heterocycles. The molecule has 2 rings (SSSR count). The number of aliphatic hydroxyl groups excluding tert-OH is 1. The Bertz CT molecular complexity index is 608. The molecule has 0 aliphatic rings. The summed E-state index contributed by atoms with van der Waals surface area (Å²) in [5.41, 5.74) is 1.45. The van der Waals surface area contributed by atoms with Gasteiger partial charge in [0, 0.05) is 6.54 Å². The molecule has 0 atom stereocenters. The Morgan fingerprint density at radius 2 is 2.16 bits per heavy atom. The summed E-state index contributed by atoms with van der Waals surface area (Å²) in [6.45, 7) is 3.99. The highest BCUT2D eigenvalue weighted by molar-refractivity contribution is 5.93. The fourth-order valence-corrected chi connectivity index (χ4v) is 1.90. The van der Waals surface area contributed by atoms with E-state index >= 15 is 0 Å². The molecule has 0 bridgehead atoms. The molecular weight excluding hydrogens is 252 g/mol. The molecular formula is C11H14N4O4. The number of anilines is 1. The Kier molecular flexibility index (Phi) is 3.61. The monoisotopic (exact) mass is 266 g/mol. The van der Waals surface area contributed by atoms with Gasteiger partial charge in [0.2, 0.25) is 5.52 Å². The largest absolute Gasteiger partial charge is 0.395 e. The Hall–Kier alpha value is -2.22. The fraction of sp³-hybridized carbons (Fsp3) is 0.455. The summed E-state index contributed by atoms with van der Waals surface area (Å²) >= 11 is 0. The number of hydrogen-bond donors (Lipinski definition) is 2. The maximum atomic E-state index is 11.2. The second-order valence-electron chi connectivity index (χ2n) is 4.39. The summed E-state index contributed by atoms with van der Waals surface area (Å²) in [6, 6.07) is 1.66. The van der Waals surface area contributed by atoms with Gasteiger partial charge in [-0.3, -0.25) is 10.1 Å². The SMILES string of the molecule is CC(C)c1cc(NCCO)c([N+](=O)[O-])c2nonc12. The van der Waals surface area contributed by atoms with Crippen LogP contribution in [0.25, 0.3) is 11.0 Å². The molecule has 1 aromatic carbocycles. The molecule has 0 spiro atoms. The molecule has 1 aromatic heterocycles. The molecule has 2 N–H and O–H groups in total. The zero-order chi connectivity index (χ0) is 14.0. The first-order valence-corrected chi connectivity index (χ1v) is 5.84. The second kappa shape index (κ2) is 5.19. The zero-order valence-corrected chi connectivity index (χ0v) is 10.6. The molecule has 2 aromatic rings. The van der Waals surface area contributed by atoms with Gasteiger partial charge in [0.05, 0.1) is 11.5 Å². The van der Waals surface area contributed by atoms with Crippen LogP contribution in [0.4, 0.5) is 11.4 Å². The van der Waals surface area contributed by atoms with Crippen molar-refractivity contribution in [3.05, 3.63) is 21.7 Å². The highest BCUT2D eigenvalue weighted by atomic mass is 16.6. The van der Waals surface area contributed by atoms with Gasteiger partial charge in [0.15, 0.2) is 0 Å². The number of nitrogens with one attached hydrogen (secondary N) is 1. The molecule has 0 aliphatic heterocycles. The lowest BCUT2D eigenvalue weighted by molar-refractivity contribution is -0.382. The van der Waals surface area contributed by atoms with Crippen LogP contribution < -0.4 is 5.32 Å². The summed E-state index contributed by atoms with van der Waals surface area (Å²) in [4.78, 5) is 10.6. The van der Waals surface area contributed by atoms with Crippen LogP contribution in [0.15, 0.2) is 10.7 Å². The van der Waals surface area contributed by atoms with Crippen LogP contribution in [-0.4, -0.2) is 33.5 Å². The molecule has 8 heteroatoms. The van der Waals surface area contributed by atoms with Gasteiger partial charge in [-0.2, -0.15) is 0 Å². The Balaban J connectivity index is 2.69. The fourth-order valence-electron chi connectivity index (χ4n) is 1.90. The van der Waals surface area contributed by atoms with E-state index in [4.69, 9.17) is 5.11 Å². The van der Waals surface area contributed by atoms with Crippen molar-refractivity contribution in [2.45, 2.75) is 19.8 Å². The number of nitro benzene ring substituents is 1. The van der Waals surface area contributed by atoms with Gasteiger partial charge in [-0.15, -0.1) is 0 Å². The molecule has 0 aliphatic carbocycles. The zero-order valence-electron chi connectivity index (χ0n) is 10.6. The van der Waals surface area contributed by atoms with E-state index in [1.807, 2.05) is 13.8 Å². The van der Waals surface area contributed by atoms with Crippen molar-refractivity contribution in [3.63, 3.8) is 0 Å². The van der Waals surface area contributed by atoms with E-state index in [1.54, 1.807) is 6.07 Å². The van der Waals surface area contributed by atoms with Crippen LogP contribution in [0.5, 0.6) is 0 Å². The molecule has 0 unspecified atom stereocenters. The maximum Gasteiger partial charge on any atom is 0.323 e. The van der Waals surface area contributed by atoms with Crippen molar-refractivity contribution in [1.29, 1.82) is 0 Å². The van der Waals surface area contributed by atoms with E-state index in [-0.39, 0.29) is 30.3 Å². The minimum absolute atomic E-state index is 0.116. The van der Waals surface area contributed by atoms with Gasteiger partial charge >= 0.3 is 5.69 Å². The van der Waals surface area contributed by atoms with Gasteiger partial charge in [0.1, 0.15) is 11.2 Å². The molecule has 0 amide bonds. The van der Waals surface area contributed by atoms with Crippen molar-refractivity contribution in [2.75, 3.05) is 18.5 Å².